The maximum absolute atomic E-state index is 10.4. The summed E-state index contributed by atoms with van der Waals surface area (Å²) in [5, 5.41) is 0. The Labute approximate surface area is 108 Å². The molecule has 1 heterocycles. The van der Waals surface area contributed by atoms with E-state index in [-0.39, 0.29) is 0 Å². The Balaban J connectivity index is 1.73. The maximum Gasteiger partial charge on any atom is 0.133 e. The molecule has 1 aliphatic rings. The van der Waals surface area contributed by atoms with Crippen molar-refractivity contribution < 1.29 is 4.79 Å². The predicted molar refractivity (Wildman–Crippen MR) is 73.5 cm³/mol. The van der Waals surface area contributed by atoms with Gasteiger partial charge in [-0.05, 0) is 24.1 Å². The highest BCUT2D eigenvalue weighted by molar-refractivity contribution is 5.51. The van der Waals surface area contributed by atoms with E-state index in [0.717, 1.165) is 51.1 Å². The van der Waals surface area contributed by atoms with Crippen LogP contribution in [0.4, 0.5) is 5.69 Å². The zero-order valence-electron chi connectivity index (χ0n) is 10.7. The fourth-order valence-electron chi connectivity index (χ4n) is 2.34. The molecule has 1 aromatic rings. The second-order valence-corrected chi connectivity index (χ2v) is 4.80. The standard InChI is InChI=1S/C14H21N3O/c15-14-3-1-2-13(12-14)4-5-16-6-8-17(9-7-16)10-11-18/h1-3,11-12H,4-10,15H2. The van der Waals surface area contributed by atoms with Crippen molar-refractivity contribution in [2.24, 2.45) is 0 Å². The molecule has 18 heavy (non-hydrogen) atoms. The molecular weight excluding hydrogens is 226 g/mol. The van der Waals surface area contributed by atoms with E-state index in [1.807, 2.05) is 18.2 Å². The molecule has 4 heteroatoms. The molecule has 0 amide bonds. The van der Waals surface area contributed by atoms with E-state index in [9.17, 15) is 4.79 Å². The van der Waals surface area contributed by atoms with Gasteiger partial charge in [-0.1, -0.05) is 12.1 Å². The van der Waals surface area contributed by atoms with Crippen molar-refractivity contribution >= 4 is 12.0 Å². The lowest BCUT2D eigenvalue weighted by atomic mass is 10.1. The number of piperazine rings is 1. The van der Waals surface area contributed by atoms with E-state index >= 15 is 0 Å². The van der Waals surface area contributed by atoms with Gasteiger partial charge in [-0.15, -0.1) is 0 Å². The molecular formula is C14H21N3O. The number of aldehydes is 1. The monoisotopic (exact) mass is 247 g/mol. The average molecular weight is 247 g/mol. The van der Waals surface area contributed by atoms with Crippen LogP contribution in [0.3, 0.4) is 0 Å². The van der Waals surface area contributed by atoms with E-state index in [0.29, 0.717) is 6.54 Å². The fourth-order valence-corrected chi connectivity index (χ4v) is 2.34. The van der Waals surface area contributed by atoms with E-state index < -0.39 is 0 Å². The largest absolute Gasteiger partial charge is 0.399 e. The first-order valence-electron chi connectivity index (χ1n) is 6.50. The van der Waals surface area contributed by atoms with Crippen LogP contribution in [-0.4, -0.2) is 55.4 Å². The number of hydrogen-bond acceptors (Lipinski definition) is 4. The van der Waals surface area contributed by atoms with E-state index in [4.69, 9.17) is 5.73 Å². The van der Waals surface area contributed by atoms with Gasteiger partial charge in [-0.2, -0.15) is 0 Å². The molecule has 1 saturated heterocycles. The summed E-state index contributed by atoms with van der Waals surface area (Å²) in [5.74, 6) is 0. The molecule has 1 aliphatic heterocycles. The van der Waals surface area contributed by atoms with E-state index in [1.165, 1.54) is 5.56 Å². The van der Waals surface area contributed by atoms with Crippen molar-refractivity contribution in [3.8, 4) is 0 Å². The highest BCUT2D eigenvalue weighted by Gasteiger charge is 2.15. The van der Waals surface area contributed by atoms with Crippen LogP contribution in [0.2, 0.25) is 0 Å². The summed E-state index contributed by atoms with van der Waals surface area (Å²) in [7, 11) is 0. The Kier molecular flexibility index (Phi) is 4.73. The molecule has 2 rings (SSSR count). The van der Waals surface area contributed by atoms with Crippen LogP contribution in [0, 0.1) is 0 Å². The minimum Gasteiger partial charge on any atom is -0.399 e. The lowest BCUT2D eigenvalue weighted by molar-refractivity contribution is -0.109. The minimum absolute atomic E-state index is 0.572. The van der Waals surface area contributed by atoms with E-state index in [2.05, 4.69) is 15.9 Å². The second-order valence-electron chi connectivity index (χ2n) is 4.80. The number of carbonyl (C=O) groups is 1. The highest BCUT2D eigenvalue weighted by Crippen LogP contribution is 2.09. The number of nitrogens with zero attached hydrogens (tertiary/aromatic N) is 2. The van der Waals surface area contributed by atoms with Crippen molar-refractivity contribution in [1.29, 1.82) is 0 Å². The lowest BCUT2D eigenvalue weighted by Crippen LogP contribution is -2.47. The molecule has 0 saturated carbocycles. The molecule has 4 nitrogen and oxygen atoms in total. The number of nitrogen functional groups attached to an aromatic ring is 1. The Bertz CT molecular complexity index is 386. The van der Waals surface area contributed by atoms with Crippen molar-refractivity contribution in [2.75, 3.05) is 45.0 Å². The predicted octanol–water partition coefficient (Wildman–Crippen LogP) is 0.628. The molecule has 0 spiro atoms. The molecule has 0 aromatic heterocycles. The Morgan fingerprint density at radius 1 is 1.17 bits per heavy atom. The highest BCUT2D eigenvalue weighted by atomic mass is 16.1. The normalized spacial score (nSPS) is 17.8. The van der Waals surface area contributed by atoms with Crippen molar-refractivity contribution in [3.63, 3.8) is 0 Å². The maximum atomic E-state index is 10.4. The van der Waals surface area contributed by atoms with Crippen molar-refractivity contribution in [3.05, 3.63) is 29.8 Å². The van der Waals surface area contributed by atoms with Gasteiger partial charge < -0.3 is 15.4 Å². The van der Waals surface area contributed by atoms with Crippen LogP contribution in [0.15, 0.2) is 24.3 Å². The van der Waals surface area contributed by atoms with Gasteiger partial charge in [0.1, 0.15) is 6.29 Å². The van der Waals surface area contributed by atoms with Crippen molar-refractivity contribution in [2.45, 2.75) is 6.42 Å². The van der Waals surface area contributed by atoms with Gasteiger partial charge in [0, 0.05) is 38.4 Å². The molecule has 0 aliphatic carbocycles. The minimum atomic E-state index is 0.572. The fraction of sp³-hybridized carbons (Fsp3) is 0.500. The summed E-state index contributed by atoms with van der Waals surface area (Å²) >= 11 is 0. The van der Waals surface area contributed by atoms with Gasteiger partial charge >= 0.3 is 0 Å². The molecule has 98 valence electrons. The first kappa shape index (κ1) is 13.1. The molecule has 0 radical (unpaired) electrons. The number of hydrogen-bond donors (Lipinski definition) is 1. The molecule has 1 fully saturated rings. The summed E-state index contributed by atoms with van der Waals surface area (Å²) in [4.78, 5) is 15.1. The van der Waals surface area contributed by atoms with Gasteiger partial charge in [0.25, 0.3) is 0 Å². The van der Waals surface area contributed by atoms with Crippen LogP contribution < -0.4 is 5.73 Å². The van der Waals surface area contributed by atoms with Gasteiger partial charge in [0.2, 0.25) is 0 Å². The van der Waals surface area contributed by atoms with Crippen LogP contribution >= 0.6 is 0 Å². The van der Waals surface area contributed by atoms with Crippen LogP contribution in [0.25, 0.3) is 0 Å². The van der Waals surface area contributed by atoms with Crippen molar-refractivity contribution in [1.82, 2.24) is 9.80 Å². The summed E-state index contributed by atoms with van der Waals surface area (Å²) in [6, 6.07) is 8.09. The van der Waals surface area contributed by atoms with Crippen LogP contribution in [-0.2, 0) is 11.2 Å². The third-order valence-corrected chi connectivity index (χ3v) is 3.47. The molecule has 0 unspecified atom stereocenters. The van der Waals surface area contributed by atoms with Gasteiger partial charge in [-0.3, -0.25) is 4.90 Å². The average Bonchev–Trinajstić information content (AvgIpc) is 2.38. The smallest absolute Gasteiger partial charge is 0.133 e. The Morgan fingerprint density at radius 3 is 2.56 bits per heavy atom. The first-order chi connectivity index (χ1) is 8.78. The third kappa shape index (κ3) is 3.82. The Hall–Kier alpha value is -1.39. The number of anilines is 1. The number of carbonyl (C=O) groups excluding carboxylic acids is 1. The quantitative estimate of drug-likeness (QED) is 0.612. The van der Waals surface area contributed by atoms with Crippen LogP contribution in [0.5, 0.6) is 0 Å². The summed E-state index contributed by atoms with van der Waals surface area (Å²) in [6.07, 6.45) is 2.03. The second kappa shape index (κ2) is 6.52. The zero-order chi connectivity index (χ0) is 12.8. The van der Waals surface area contributed by atoms with Gasteiger partial charge in [0.15, 0.2) is 0 Å². The molecule has 1 aromatic carbocycles. The number of rotatable bonds is 5. The first-order valence-corrected chi connectivity index (χ1v) is 6.50. The van der Waals surface area contributed by atoms with E-state index in [1.54, 1.807) is 0 Å². The Morgan fingerprint density at radius 2 is 1.89 bits per heavy atom. The number of benzene rings is 1. The topological polar surface area (TPSA) is 49.6 Å². The molecule has 0 bridgehead atoms. The summed E-state index contributed by atoms with van der Waals surface area (Å²) in [5.41, 5.74) is 7.90. The molecule has 0 atom stereocenters. The molecule has 2 N–H and O–H groups in total. The van der Waals surface area contributed by atoms with Crippen LogP contribution in [0.1, 0.15) is 5.56 Å². The van der Waals surface area contributed by atoms with Gasteiger partial charge in [-0.25, -0.2) is 0 Å². The zero-order valence-corrected chi connectivity index (χ0v) is 10.7. The van der Waals surface area contributed by atoms with Gasteiger partial charge in [0.05, 0.1) is 6.54 Å². The lowest BCUT2D eigenvalue weighted by Gasteiger charge is -2.33. The summed E-state index contributed by atoms with van der Waals surface area (Å²) < 4.78 is 0. The SMILES string of the molecule is Nc1cccc(CCN2CCN(CC=O)CC2)c1. The summed E-state index contributed by atoms with van der Waals surface area (Å²) in [6.45, 7) is 5.74. The number of nitrogens with two attached hydrogens (primary N) is 1. The third-order valence-electron chi connectivity index (χ3n) is 3.47.